The second-order valence-corrected chi connectivity index (χ2v) is 6.53. The molecule has 0 amide bonds. The number of fused-ring (bicyclic) bond motifs is 1. The molecule has 2 aromatic rings. The van der Waals surface area contributed by atoms with E-state index in [1.807, 2.05) is 6.20 Å². The maximum Gasteiger partial charge on any atom is 0.150 e. The highest BCUT2D eigenvalue weighted by Gasteiger charge is 2.28. The van der Waals surface area contributed by atoms with E-state index in [0.717, 1.165) is 23.5 Å². The van der Waals surface area contributed by atoms with Crippen LogP contribution in [0.1, 0.15) is 57.0 Å². The number of imidazole rings is 1. The molecule has 2 N–H and O–H groups in total. The summed E-state index contributed by atoms with van der Waals surface area (Å²) in [6.07, 6.45) is 15.0. The predicted molar refractivity (Wildman–Crippen MR) is 94.1 cm³/mol. The van der Waals surface area contributed by atoms with E-state index in [4.69, 9.17) is 10.7 Å². The zero-order chi connectivity index (χ0) is 16.0. The predicted octanol–water partition coefficient (Wildman–Crippen LogP) is 4.26. The summed E-state index contributed by atoms with van der Waals surface area (Å²) in [5.74, 6) is 2.27. The monoisotopic (exact) mass is 306 g/mol. The van der Waals surface area contributed by atoms with Crippen LogP contribution in [0.4, 0.5) is 5.82 Å². The van der Waals surface area contributed by atoms with Crippen LogP contribution in [0.5, 0.6) is 0 Å². The Morgan fingerprint density at radius 1 is 1.35 bits per heavy atom. The molecule has 1 fully saturated rings. The summed E-state index contributed by atoms with van der Waals surface area (Å²) in [7, 11) is 0. The topological polar surface area (TPSA) is 56.2 Å². The Labute approximate surface area is 136 Å². The van der Waals surface area contributed by atoms with E-state index in [-0.39, 0.29) is 0 Å². The van der Waals surface area contributed by atoms with Crippen molar-refractivity contribution in [3.63, 3.8) is 0 Å². The Bertz CT molecular complexity index is 863. The van der Waals surface area contributed by atoms with Gasteiger partial charge >= 0.3 is 0 Å². The lowest BCUT2D eigenvalue weighted by Gasteiger charge is -2.23. The van der Waals surface area contributed by atoms with Gasteiger partial charge in [0, 0.05) is 18.3 Å². The highest BCUT2D eigenvalue weighted by atomic mass is 15.1. The number of anilines is 1. The number of hydrogen-bond donors (Lipinski definition) is 1. The Morgan fingerprint density at radius 3 is 2.87 bits per heavy atom. The summed E-state index contributed by atoms with van der Waals surface area (Å²) < 4.78 is 2.16. The zero-order valence-corrected chi connectivity index (χ0v) is 13.7. The SMILES string of the molecule is C/C=C\C1=C(C)C=C(c2nc(C3CCC3)n3ccnc(N)c23)C1. The maximum absolute atomic E-state index is 6.20. The number of allylic oxidation sites excluding steroid dienone is 6. The molecule has 23 heavy (non-hydrogen) atoms. The number of nitrogens with two attached hydrogens (primary N) is 1. The molecular weight excluding hydrogens is 284 g/mol. The van der Waals surface area contributed by atoms with Gasteiger partial charge in [-0.25, -0.2) is 9.97 Å². The molecule has 0 saturated heterocycles. The number of nitrogens with zero attached hydrogens (tertiary/aromatic N) is 3. The largest absolute Gasteiger partial charge is 0.382 e. The minimum absolute atomic E-state index is 0.559. The minimum atomic E-state index is 0.559. The zero-order valence-electron chi connectivity index (χ0n) is 13.7. The third kappa shape index (κ3) is 2.21. The number of hydrogen-bond acceptors (Lipinski definition) is 3. The fraction of sp³-hybridized carbons (Fsp3) is 0.368. The molecule has 1 saturated carbocycles. The van der Waals surface area contributed by atoms with Crippen molar-refractivity contribution in [1.29, 1.82) is 0 Å². The van der Waals surface area contributed by atoms with Crippen molar-refractivity contribution in [2.45, 2.75) is 45.4 Å². The van der Waals surface area contributed by atoms with Crippen LogP contribution in [-0.2, 0) is 0 Å². The smallest absolute Gasteiger partial charge is 0.150 e. The molecule has 4 heteroatoms. The molecule has 0 radical (unpaired) electrons. The summed E-state index contributed by atoms with van der Waals surface area (Å²) in [5.41, 5.74) is 12.1. The Kier molecular flexibility index (Phi) is 3.33. The Hall–Kier alpha value is -2.36. The quantitative estimate of drug-likeness (QED) is 0.922. The van der Waals surface area contributed by atoms with Gasteiger partial charge in [-0.2, -0.15) is 0 Å². The van der Waals surface area contributed by atoms with Gasteiger partial charge in [0.05, 0.1) is 5.69 Å². The summed E-state index contributed by atoms with van der Waals surface area (Å²) in [6.45, 7) is 4.22. The van der Waals surface area contributed by atoms with Crippen molar-refractivity contribution >= 4 is 16.9 Å². The average molecular weight is 306 g/mol. The van der Waals surface area contributed by atoms with Gasteiger partial charge in [0.2, 0.25) is 0 Å². The molecule has 2 aliphatic carbocycles. The van der Waals surface area contributed by atoms with E-state index in [0.29, 0.717) is 11.7 Å². The standard InChI is InChI=1S/C19H22N4/c1-3-5-14-11-15(10-12(14)2)16-17-18(20)21-8-9-23(17)19(22-16)13-6-4-7-13/h3,5,8-10,13H,4,6-7,11H2,1-2H3,(H2,20,21)/b5-3-. The van der Waals surface area contributed by atoms with Crippen LogP contribution < -0.4 is 5.73 Å². The molecule has 0 aliphatic heterocycles. The molecule has 0 aromatic carbocycles. The number of aromatic nitrogens is 3. The Morgan fingerprint density at radius 2 is 2.17 bits per heavy atom. The number of rotatable bonds is 3. The van der Waals surface area contributed by atoms with E-state index < -0.39 is 0 Å². The van der Waals surface area contributed by atoms with Gasteiger partial charge < -0.3 is 5.73 Å². The van der Waals surface area contributed by atoms with Crippen LogP contribution in [0.15, 0.2) is 41.8 Å². The summed E-state index contributed by atoms with van der Waals surface area (Å²) in [4.78, 5) is 9.30. The van der Waals surface area contributed by atoms with Crippen molar-refractivity contribution in [1.82, 2.24) is 14.4 Å². The van der Waals surface area contributed by atoms with Crippen LogP contribution in [0.2, 0.25) is 0 Å². The molecule has 0 unspecified atom stereocenters. The molecule has 2 aromatic heterocycles. The van der Waals surface area contributed by atoms with Gasteiger partial charge in [-0.05, 0) is 49.8 Å². The molecule has 4 nitrogen and oxygen atoms in total. The van der Waals surface area contributed by atoms with Gasteiger partial charge in [-0.15, -0.1) is 0 Å². The van der Waals surface area contributed by atoms with Crippen LogP contribution in [-0.4, -0.2) is 14.4 Å². The van der Waals surface area contributed by atoms with E-state index >= 15 is 0 Å². The summed E-state index contributed by atoms with van der Waals surface area (Å²) in [5, 5.41) is 0. The van der Waals surface area contributed by atoms with Crippen LogP contribution in [0.3, 0.4) is 0 Å². The van der Waals surface area contributed by atoms with E-state index in [1.54, 1.807) is 6.20 Å². The lowest BCUT2D eigenvalue weighted by atomic mass is 9.85. The first kappa shape index (κ1) is 14.2. The first-order chi connectivity index (χ1) is 11.2. The summed E-state index contributed by atoms with van der Waals surface area (Å²) >= 11 is 0. The molecule has 2 heterocycles. The first-order valence-electron chi connectivity index (χ1n) is 8.35. The third-order valence-corrected chi connectivity index (χ3v) is 5.03. The average Bonchev–Trinajstić information content (AvgIpc) is 3.01. The fourth-order valence-corrected chi connectivity index (χ4v) is 3.56. The molecule has 0 spiro atoms. The number of nitrogen functional groups attached to an aromatic ring is 1. The minimum Gasteiger partial charge on any atom is -0.382 e. The Balaban J connectivity index is 1.84. The molecule has 4 rings (SSSR count). The molecule has 0 atom stereocenters. The molecule has 0 bridgehead atoms. The van der Waals surface area contributed by atoms with Gasteiger partial charge in [0.25, 0.3) is 0 Å². The van der Waals surface area contributed by atoms with Crippen molar-refractivity contribution in [3.8, 4) is 0 Å². The van der Waals surface area contributed by atoms with Crippen molar-refractivity contribution in [2.24, 2.45) is 0 Å². The van der Waals surface area contributed by atoms with Crippen LogP contribution in [0.25, 0.3) is 11.1 Å². The van der Waals surface area contributed by atoms with E-state index in [2.05, 4.69) is 41.5 Å². The molecular formula is C19H22N4. The van der Waals surface area contributed by atoms with Crippen molar-refractivity contribution in [3.05, 3.63) is 53.3 Å². The van der Waals surface area contributed by atoms with Crippen molar-refractivity contribution < 1.29 is 0 Å². The fourth-order valence-electron chi connectivity index (χ4n) is 3.56. The normalized spacial score (nSPS) is 19.0. The highest BCUT2D eigenvalue weighted by molar-refractivity contribution is 5.86. The van der Waals surface area contributed by atoms with Crippen LogP contribution in [0, 0.1) is 0 Å². The van der Waals surface area contributed by atoms with Gasteiger partial charge in [-0.3, -0.25) is 4.40 Å². The second kappa shape index (κ2) is 5.37. The second-order valence-electron chi connectivity index (χ2n) is 6.53. The van der Waals surface area contributed by atoms with Gasteiger partial charge in [0.1, 0.15) is 17.2 Å². The lowest BCUT2D eigenvalue weighted by molar-refractivity contribution is 0.400. The van der Waals surface area contributed by atoms with Crippen molar-refractivity contribution in [2.75, 3.05) is 5.73 Å². The van der Waals surface area contributed by atoms with Crippen LogP contribution >= 0.6 is 0 Å². The first-order valence-corrected chi connectivity index (χ1v) is 8.35. The summed E-state index contributed by atoms with van der Waals surface area (Å²) in [6, 6.07) is 0. The van der Waals surface area contributed by atoms with E-state index in [1.165, 1.54) is 36.0 Å². The maximum atomic E-state index is 6.20. The van der Waals surface area contributed by atoms with Gasteiger partial charge in [0.15, 0.2) is 0 Å². The highest BCUT2D eigenvalue weighted by Crippen LogP contribution is 2.40. The third-order valence-electron chi connectivity index (χ3n) is 5.03. The lowest BCUT2D eigenvalue weighted by Crippen LogP contribution is -2.12. The molecule has 118 valence electrons. The van der Waals surface area contributed by atoms with E-state index in [9.17, 15) is 0 Å². The molecule has 2 aliphatic rings. The van der Waals surface area contributed by atoms with Gasteiger partial charge in [-0.1, -0.05) is 24.6 Å².